The van der Waals surface area contributed by atoms with Crippen LogP contribution in [-0.2, 0) is 4.79 Å². The van der Waals surface area contributed by atoms with E-state index in [1.807, 2.05) is 17.0 Å². The quantitative estimate of drug-likeness (QED) is 0.625. The third-order valence-electron chi connectivity index (χ3n) is 6.15. The summed E-state index contributed by atoms with van der Waals surface area (Å²) in [4.78, 5) is 29.0. The molecule has 1 aromatic heterocycles. The van der Waals surface area contributed by atoms with Crippen molar-refractivity contribution in [1.29, 1.82) is 0 Å². The van der Waals surface area contributed by atoms with Gasteiger partial charge < -0.3 is 16.4 Å². The molecule has 6 nitrogen and oxygen atoms in total. The van der Waals surface area contributed by atoms with Crippen molar-refractivity contribution in [1.82, 2.24) is 9.88 Å². The van der Waals surface area contributed by atoms with Crippen LogP contribution in [0, 0.1) is 11.6 Å². The van der Waals surface area contributed by atoms with Crippen LogP contribution < -0.4 is 11.5 Å². The lowest BCUT2D eigenvalue weighted by atomic mass is 9.87. The number of rotatable bonds is 4. The van der Waals surface area contributed by atoms with E-state index in [4.69, 9.17) is 11.5 Å². The zero-order chi connectivity index (χ0) is 23.7. The minimum absolute atomic E-state index is 0.0967. The standard InChI is InChI=1S/C25H24F2N4O2/c1-14(32)31-7-5-15(6-8-31)16-3-2-4-17(9-16)19-10-20(24(28)30-13-19)18-11-21(26)23(25(29)33)22(27)12-18/h2-4,9-13,15H,5-8H2,1H3,(H2,28,30)(H2,29,33). The number of anilines is 1. The van der Waals surface area contributed by atoms with Crippen LogP contribution in [0.4, 0.5) is 14.6 Å². The summed E-state index contributed by atoms with van der Waals surface area (Å²) in [6.45, 7) is 3.05. The third-order valence-corrected chi connectivity index (χ3v) is 6.15. The number of primary amides is 1. The van der Waals surface area contributed by atoms with Gasteiger partial charge in [0, 0.05) is 37.3 Å². The summed E-state index contributed by atoms with van der Waals surface area (Å²) in [5.74, 6) is -2.74. The molecule has 4 N–H and O–H groups in total. The van der Waals surface area contributed by atoms with E-state index in [1.165, 1.54) is 0 Å². The molecule has 2 amide bonds. The number of carbonyl (C=O) groups excluding carboxylic acids is 2. The first kappa shape index (κ1) is 22.4. The van der Waals surface area contributed by atoms with Gasteiger partial charge in [0.1, 0.15) is 23.0 Å². The van der Waals surface area contributed by atoms with Gasteiger partial charge in [-0.2, -0.15) is 0 Å². The topological polar surface area (TPSA) is 102 Å². The van der Waals surface area contributed by atoms with Gasteiger partial charge in [-0.15, -0.1) is 0 Å². The van der Waals surface area contributed by atoms with Crippen molar-refractivity contribution in [2.75, 3.05) is 18.8 Å². The normalized spacial score (nSPS) is 14.3. The molecule has 33 heavy (non-hydrogen) atoms. The Morgan fingerprint density at radius 1 is 1.00 bits per heavy atom. The molecule has 0 atom stereocenters. The van der Waals surface area contributed by atoms with Gasteiger partial charge in [0.2, 0.25) is 5.91 Å². The minimum atomic E-state index is -1.18. The monoisotopic (exact) mass is 450 g/mol. The average molecular weight is 450 g/mol. The van der Waals surface area contributed by atoms with E-state index in [-0.39, 0.29) is 17.3 Å². The molecule has 0 unspecified atom stereocenters. The predicted molar refractivity (Wildman–Crippen MR) is 122 cm³/mol. The summed E-state index contributed by atoms with van der Waals surface area (Å²) < 4.78 is 28.6. The fourth-order valence-electron chi connectivity index (χ4n) is 4.33. The summed E-state index contributed by atoms with van der Waals surface area (Å²) >= 11 is 0. The first-order valence-corrected chi connectivity index (χ1v) is 10.6. The number of nitrogens with two attached hydrogens (primary N) is 2. The van der Waals surface area contributed by atoms with Gasteiger partial charge in [0.15, 0.2) is 0 Å². The summed E-state index contributed by atoms with van der Waals surface area (Å²) in [5, 5.41) is 0. The Bertz CT molecular complexity index is 1210. The number of hydrogen-bond acceptors (Lipinski definition) is 4. The number of likely N-dealkylation sites (tertiary alicyclic amines) is 1. The van der Waals surface area contributed by atoms with E-state index in [0.29, 0.717) is 11.5 Å². The van der Waals surface area contributed by atoms with Crippen LogP contribution in [0.2, 0.25) is 0 Å². The smallest absolute Gasteiger partial charge is 0.254 e. The molecule has 2 aromatic carbocycles. The van der Waals surface area contributed by atoms with Crippen molar-refractivity contribution in [3.05, 3.63) is 71.4 Å². The number of pyridine rings is 1. The predicted octanol–water partition coefficient (Wildman–Crippen LogP) is 4.10. The zero-order valence-electron chi connectivity index (χ0n) is 18.1. The number of halogens is 2. The molecule has 8 heteroatoms. The van der Waals surface area contributed by atoms with Crippen molar-refractivity contribution < 1.29 is 18.4 Å². The zero-order valence-corrected chi connectivity index (χ0v) is 18.1. The first-order chi connectivity index (χ1) is 15.7. The van der Waals surface area contributed by atoms with Crippen molar-refractivity contribution in [2.24, 2.45) is 5.73 Å². The van der Waals surface area contributed by atoms with E-state index in [2.05, 4.69) is 17.1 Å². The van der Waals surface area contributed by atoms with E-state index in [0.717, 1.165) is 54.8 Å². The Morgan fingerprint density at radius 2 is 1.67 bits per heavy atom. The molecule has 0 bridgehead atoms. The highest BCUT2D eigenvalue weighted by atomic mass is 19.1. The van der Waals surface area contributed by atoms with Crippen molar-refractivity contribution in [3.8, 4) is 22.3 Å². The summed E-state index contributed by atoms with van der Waals surface area (Å²) in [5.41, 5.74) is 13.6. The van der Waals surface area contributed by atoms with Crippen molar-refractivity contribution in [3.63, 3.8) is 0 Å². The van der Waals surface area contributed by atoms with Gasteiger partial charge in [-0.3, -0.25) is 9.59 Å². The molecule has 0 saturated carbocycles. The van der Waals surface area contributed by atoms with Crippen molar-refractivity contribution in [2.45, 2.75) is 25.7 Å². The van der Waals surface area contributed by atoms with Gasteiger partial charge >= 0.3 is 0 Å². The minimum Gasteiger partial charge on any atom is -0.383 e. The van der Waals surface area contributed by atoms with Crippen LogP contribution in [0.1, 0.15) is 41.6 Å². The number of carbonyl (C=O) groups is 2. The second kappa shape index (κ2) is 8.97. The maximum absolute atomic E-state index is 14.3. The highest BCUT2D eigenvalue weighted by Crippen LogP contribution is 2.34. The second-order valence-electron chi connectivity index (χ2n) is 8.24. The fourth-order valence-corrected chi connectivity index (χ4v) is 4.33. The average Bonchev–Trinajstić information content (AvgIpc) is 2.79. The van der Waals surface area contributed by atoms with E-state index >= 15 is 0 Å². The molecule has 170 valence electrons. The number of nitrogen functional groups attached to an aromatic ring is 1. The van der Waals surface area contributed by atoms with Crippen LogP contribution in [-0.4, -0.2) is 34.8 Å². The number of nitrogens with zero attached hydrogens (tertiary/aromatic N) is 2. The number of hydrogen-bond donors (Lipinski definition) is 2. The highest BCUT2D eigenvalue weighted by molar-refractivity contribution is 5.94. The molecular formula is C25H24F2N4O2. The highest BCUT2D eigenvalue weighted by Gasteiger charge is 2.22. The number of amides is 2. The van der Waals surface area contributed by atoms with Gasteiger partial charge in [-0.25, -0.2) is 13.8 Å². The lowest BCUT2D eigenvalue weighted by molar-refractivity contribution is -0.129. The Balaban J connectivity index is 1.66. The van der Waals surface area contributed by atoms with Gasteiger partial charge in [-0.05, 0) is 53.6 Å². The largest absolute Gasteiger partial charge is 0.383 e. The van der Waals surface area contributed by atoms with E-state index < -0.39 is 23.1 Å². The summed E-state index contributed by atoms with van der Waals surface area (Å²) in [7, 11) is 0. The molecule has 0 spiro atoms. The Hall–Kier alpha value is -3.81. The maximum Gasteiger partial charge on any atom is 0.254 e. The van der Waals surface area contributed by atoms with Gasteiger partial charge in [0.05, 0.1) is 0 Å². The van der Waals surface area contributed by atoms with Gasteiger partial charge in [0.25, 0.3) is 5.91 Å². The Kier molecular flexibility index (Phi) is 6.09. The molecule has 2 heterocycles. The molecular weight excluding hydrogens is 426 g/mol. The lowest BCUT2D eigenvalue weighted by Crippen LogP contribution is -2.36. The number of benzene rings is 2. The number of piperidine rings is 1. The molecule has 1 fully saturated rings. The Labute approximate surface area is 190 Å². The molecule has 0 aliphatic carbocycles. The number of aromatic nitrogens is 1. The molecule has 0 radical (unpaired) electrons. The summed E-state index contributed by atoms with van der Waals surface area (Å²) in [6, 6.07) is 11.8. The Morgan fingerprint density at radius 3 is 2.27 bits per heavy atom. The van der Waals surface area contributed by atoms with Crippen LogP contribution in [0.3, 0.4) is 0 Å². The summed E-state index contributed by atoms with van der Waals surface area (Å²) in [6.07, 6.45) is 3.39. The van der Waals surface area contributed by atoms with E-state index in [9.17, 15) is 18.4 Å². The van der Waals surface area contributed by atoms with Crippen LogP contribution in [0.5, 0.6) is 0 Å². The van der Waals surface area contributed by atoms with E-state index in [1.54, 1.807) is 19.2 Å². The molecule has 1 saturated heterocycles. The lowest BCUT2D eigenvalue weighted by Gasteiger charge is -2.31. The van der Waals surface area contributed by atoms with Crippen LogP contribution >= 0.6 is 0 Å². The van der Waals surface area contributed by atoms with Gasteiger partial charge in [-0.1, -0.05) is 24.3 Å². The first-order valence-electron chi connectivity index (χ1n) is 10.6. The van der Waals surface area contributed by atoms with Crippen LogP contribution in [0.15, 0.2) is 48.7 Å². The maximum atomic E-state index is 14.3. The third kappa shape index (κ3) is 4.55. The molecule has 1 aliphatic rings. The van der Waals surface area contributed by atoms with Crippen molar-refractivity contribution >= 4 is 17.6 Å². The van der Waals surface area contributed by atoms with Crippen LogP contribution in [0.25, 0.3) is 22.3 Å². The molecule has 1 aliphatic heterocycles. The fraction of sp³-hybridized carbons (Fsp3) is 0.240. The SMILES string of the molecule is CC(=O)N1CCC(c2cccc(-c3cnc(N)c(-c4cc(F)c(C(N)=O)c(F)c4)c3)c2)CC1. The second-order valence-corrected chi connectivity index (χ2v) is 8.24. The molecule has 3 aromatic rings. The molecule has 4 rings (SSSR count).